The van der Waals surface area contributed by atoms with Crippen molar-refractivity contribution < 1.29 is 33.4 Å². The van der Waals surface area contributed by atoms with Crippen molar-refractivity contribution in [1.82, 2.24) is 25.0 Å². The van der Waals surface area contributed by atoms with Gasteiger partial charge in [0.05, 0.1) is 64.5 Å². The van der Waals surface area contributed by atoms with Gasteiger partial charge in [-0.15, -0.1) is 0 Å². The molecule has 5 heterocycles. The van der Waals surface area contributed by atoms with Gasteiger partial charge in [-0.2, -0.15) is 5.26 Å². The lowest BCUT2D eigenvalue weighted by molar-refractivity contribution is -0.136. The molecule has 8 rings (SSSR count). The molecule has 0 spiro atoms. The van der Waals surface area contributed by atoms with Gasteiger partial charge in [0.1, 0.15) is 17.9 Å². The minimum absolute atomic E-state index is 0.0901. The van der Waals surface area contributed by atoms with Crippen LogP contribution in [-0.2, 0) is 9.59 Å². The fourth-order valence-electron chi connectivity index (χ4n) is 8.68. The summed E-state index contributed by atoms with van der Waals surface area (Å²) in [4.78, 5) is 63.3. The molecule has 3 saturated heterocycles. The van der Waals surface area contributed by atoms with Crippen LogP contribution >= 0.6 is 23.2 Å². The molecule has 1 atom stereocenters. The van der Waals surface area contributed by atoms with E-state index in [0.717, 1.165) is 82.2 Å². The number of methoxy groups -OCH3 is 2. The van der Waals surface area contributed by atoms with E-state index in [1.807, 2.05) is 18.2 Å². The number of benzene rings is 3. The number of piperazine rings is 1. The van der Waals surface area contributed by atoms with Gasteiger partial charge in [-0.25, -0.2) is 0 Å². The van der Waals surface area contributed by atoms with E-state index < -0.39 is 29.7 Å². The van der Waals surface area contributed by atoms with E-state index in [2.05, 4.69) is 36.4 Å². The first-order chi connectivity index (χ1) is 29.5. The molecule has 0 bridgehead atoms. The summed E-state index contributed by atoms with van der Waals surface area (Å²) in [6.45, 7) is 7.96. The number of carbonyl (C=O) groups is 4. The number of carbonyl (C=O) groups excluding carboxylic acids is 4. The summed E-state index contributed by atoms with van der Waals surface area (Å²) in [5, 5.41) is 16.8. The standard InChI is InChI=1S/C44H46Cl2N8O7/c1-59-37-22-35(32(45)20-33(37)46)49-41-27(23-47)24-48-34-21-39(38(60-2)19-31(34)41)61-17-3-10-51-11-8-26(9-12-51)25-52-13-15-53(16-14-52)28-4-5-29-30(18-28)44(58)54(43(29)57)36-6-7-40(55)50-42(36)56/h4-5,18-22,24,26,36H,3,6-17,25H2,1-2H3,(H,48,49)(H,50,55,56). The molecule has 318 valence electrons. The number of nitriles is 1. The number of nitrogens with one attached hydrogen (secondary N) is 2. The van der Waals surface area contributed by atoms with Gasteiger partial charge in [-0.3, -0.25) is 39.3 Å². The molecule has 61 heavy (non-hydrogen) atoms. The highest BCUT2D eigenvalue weighted by Gasteiger charge is 2.45. The van der Waals surface area contributed by atoms with Crippen molar-refractivity contribution in [3.8, 4) is 23.3 Å². The van der Waals surface area contributed by atoms with Crippen LogP contribution in [0, 0.1) is 17.2 Å². The van der Waals surface area contributed by atoms with Crippen LogP contribution in [0.5, 0.6) is 17.2 Å². The highest BCUT2D eigenvalue weighted by atomic mass is 35.5. The van der Waals surface area contributed by atoms with Crippen LogP contribution in [0.3, 0.4) is 0 Å². The number of ether oxygens (including phenoxy) is 3. The molecule has 0 aliphatic carbocycles. The Kier molecular flexibility index (Phi) is 12.5. The first-order valence-corrected chi connectivity index (χ1v) is 21.2. The molecular formula is C44H46Cl2N8O7. The zero-order valence-electron chi connectivity index (χ0n) is 34.0. The van der Waals surface area contributed by atoms with Crippen molar-refractivity contribution >= 4 is 74.8 Å². The fourth-order valence-corrected chi connectivity index (χ4v) is 9.19. The van der Waals surface area contributed by atoms with Crippen LogP contribution in [0.4, 0.5) is 17.1 Å². The normalized spacial score (nSPS) is 18.9. The Labute approximate surface area is 363 Å². The number of aromatic nitrogens is 1. The van der Waals surface area contributed by atoms with Crippen LogP contribution in [0.2, 0.25) is 10.0 Å². The molecule has 3 aromatic carbocycles. The Hall–Kier alpha value is -5.66. The summed E-state index contributed by atoms with van der Waals surface area (Å²) in [6.07, 6.45) is 4.84. The number of fused-ring (bicyclic) bond motifs is 2. The highest BCUT2D eigenvalue weighted by molar-refractivity contribution is 6.37. The Morgan fingerprint density at radius 1 is 0.852 bits per heavy atom. The quantitative estimate of drug-likeness (QED) is 0.121. The second-order valence-electron chi connectivity index (χ2n) is 15.7. The lowest BCUT2D eigenvalue weighted by Crippen LogP contribution is -2.54. The van der Waals surface area contributed by atoms with Crippen molar-refractivity contribution in [2.24, 2.45) is 5.92 Å². The smallest absolute Gasteiger partial charge is 0.262 e. The highest BCUT2D eigenvalue weighted by Crippen LogP contribution is 2.41. The number of likely N-dealkylation sites (tertiary alicyclic amines) is 1. The van der Waals surface area contributed by atoms with Crippen molar-refractivity contribution in [2.75, 3.05) is 83.4 Å². The van der Waals surface area contributed by atoms with Gasteiger partial charge < -0.3 is 29.3 Å². The van der Waals surface area contributed by atoms with E-state index in [9.17, 15) is 24.4 Å². The topological polar surface area (TPSA) is 170 Å². The van der Waals surface area contributed by atoms with Crippen molar-refractivity contribution in [3.63, 3.8) is 0 Å². The van der Waals surface area contributed by atoms with Crippen molar-refractivity contribution in [2.45, 2.75) is 38.1 Å². The summed E-state index contributed by atoms with van der Waals surface area (Å²) in [5.74, 6) is 0.170. The largest absolute Gasteiger partial charge is 0.495 e. The van der Waals surface area contributed by atoms with E-state index in [4.69, 9.17) is 37.4 Å². The maximum Gasteiger partial charge on any atom is 0.262 e. The number of hydrogen-bond donors (Lipinski definition) is 2. The van der Waals surface area contributed by atoms with Crippen molar-refractivity contribution in [1.29, 1.82) is 5.26 Å². The number of halogens is 2. The van der Waals surface area contributed by atoms with Crippen molar-refractivity contribution in [3.05, 3.63) is 75.4 Å². The maximum absolute atomic E-state index is 13.3. The molecular weight excluding hydrogens is 823 g/mol. The minimum Gasteiger partial charge on any atom is -0.495 e. The Morgan fingerprint density at radius 3 is 2.33 bits per heavy atom. The lowest BCUT2D eigenvalue weighted by atomic mass is 9.95. The molecule has 4 amide bonds. The van der Waals surface area contributed by atoms with E-state index in [1.165, 1.54) is 13.3 Å². The van der Waals surface area contributed by atoms with Gasteiger partial charge in [0.2, 0.25) is 11.8 Å². The molecule has 2 N–H and O–H groups in total. The second-order valence-corrected chi connectivity index (χ2v) is 16.5. The predicted octanol–water partition coefficient (Wildman–Crippen LogP) is 5.88. The summed E-state index contributed by atoms with van der Waals surface area (Å²) in [7, 11) is 3.10. The van der Waals surface area contributed by atoms with Gasteiger partial charge in [0.15, 0.2) is 11.5 Å². The van der Waals surface area contributed by atoms with Gasteiger partial charge in [-0.1, -0.05) is 23.2 Å². The molecule has 15 nitrogen and oxygen atoms in total. The molecule has 3 fully saturated rings. The third kappa shape index (κ3) is 8.76. The first-order valence-electron chi connectivity index (χ1n) is 20.4. The van der Waals surface area contributed by atoms with Crippen LogP contribution < -0.4 is 29.7 Å². The molecule has 17 heteroatoms. The lowest BCUT2D eigenvalue weighted by Gasteiger charge is -2.39. The van der Waals surface area contributed by atoms with E-state index in [0.29, 0.717) is 78.8 Å². The molecule has 4 aromatic rings. The number of rotatable bonds is 13. The number of amides is 4. The van der Waals surface area contributed by atoms with Gasteiger partial charge >= 0.3 is 0 Å². The third-order valence-corrected chi connectivity index (χ3v) is 12.6. The molecule has 0 radical (unpaired) electrons. The number of anilines is 3. The molecule has 4 aliphatic rings. The second kappa shape index (κ2) is 18.1. The summed E-state index contributed by atoms with van der Waals surface area (Å²) >= 11 is 12.7. The average Bonchev–Trinajstić information content (AvgIpc) is 3.51. The molecule has 0 saturated carbocycles. The predicted molar refractivity (Wildman–Crippen MR) is 230 cm³/mol. The summed E-state index contributed by atoms with van der Waals surface area (Å²) in [5.41, 5.74) is 3.47. The van der Waals surface area contributed by atoms with Crippen LogP contribution in [-0.4, -0.2) is 123 Å². The number of hydrogen-bond acceptors (Lipinski definition) is 13. The number of imide groups is 2. The van der Waals surface area contributed by atoms with Gasteiger partial charge in [0, 0.05) is 75.1 Å². The zero-order valence-corrected chi connectivity index (χ0v) is 35.5. The number of pyridine rings is 1. The fraction of sp³-hybridized carbons (Fsp3) is 0.409. The molecule has 1 aromatic heterocycles. The molecule has 1 unspecified atom stereocenters. The Bertz CT molecular complexity index is 2430. The van der Waals surface area contributed by atoms with Gasteiger partial charge in [0.25, 0.3) is 11.8 Å². The summed E-state index contributed by atoms with van der Waals surface area (Å²) < 4.78 is 17.3. The Balaban J connectivity index is 0.790. The SMILES string of the molecule is COc1cc(Nc2c(C#N)cnc3cc(OCCCN4CCC(CN5CCN(c6ccc7c(c6)C(=O)N(C6CCC(=O)NC6=O)C7=O)CC5)CC4)c(OC)cc23)c(Cl)cc1Cl. The Morgan fingerprint density at radius 2 is 1.61 bits per heavy atom. The number of nitrogens with zero attached hydrogens (tertiary/aromatic N) is 6. The summed E-state index contributed by atoms with van der Waals surface area (Å²) in [6, 6.07) is 13.5. The van der Waals surface area contributed by atoms with Crippen LogP contribution in [0.1, 0.15) is 58.4 Å². The number of piperidine rings is 2. The van der Waals surface area contributed by atoms with E-state index in [1.54, 1.807) is 31.4 Å². The van der Waals surface area contributed by atoms with Gasteiger partial charge in [-0.05, 0) is 75.0 Å². The van der Waals surface area contributed by atoms with E-state index in [-0.39, 0.29) is 12.8 Å². The first kappa shape index (κ1) is 42.0. The van der Waals surface area contributed by atoms with Crippen LogP contribution in [0.25, 0.3) is 10.9 Å². The minimum atomic E-state index is -0.975. The molecule has 4 aliphatic heterocycles. The maximum atomic E-state index is 13.3. The average molecular weight is 870 g/mol. The van der Waals surface area contributed by atoms with E-state index >= 15 is 0 Å². The third-order valence-electron chi connectivity index (χ3n) is 12.0. The monoisotopic (exact) mass is 868 g/mol. The zero-order chi connectivity index (χ0) is 42.8. The van der Waals surface area contributed by atoms with Crippen LogP contribution in [0.15, 0.2) is 48.7 Å².